The van der Waals surface area contributed by atoms with Crippen LogP contribution < -0.4 is 4.74 Å². The third kappa shape index (κ3) is 2.99. The predicted octanol–water partition coefficient (Wildman–Crippen LogP) is 7.35. The van der Waals surface area contributed by atoms with Crippen LogP contribution in [0.4, 0.5) is 0 Å². The van der Waals surface area contributed by atoms with E-state index in [2.05, 4.69) is 66.2 Å². The maximum absolute atomic E-state index is 11.3. The Labute approximate surface area is 213 Å². The van der Waals surface area contributed by atoms with Crippen molar-refractivity contribution in [3.8, 4) is 11.5 Å². The summed E-state index contributed by atoms with van der Waals surface area (Å²) in [6, 6.07) is 31.5. The molecular weight excluding hydrogens is 458 g/mol. The Morgan fingerprint density at radius 1 is 0.784 bits per heavy atom. The first-order valence-electron chi connectivity index (χ1n) is 12.3. The first-order valence-corrected chi connectivity index (χ1v) is 12.3. The van der Waals surface area contributed by atoms with Crippen molar-refractivity contribution in [3.05, 3.63) is 125 Å². The summed E-state index contributed by atoms with van der Waals surface area (Å²) in [5.74, 6) is 1.00. The van der Waals surface area contributed by atoms with Gasteiger partial charge >= 0.3 is 0 Å². The van der Waals surface area contributed by atoms with Crippen molar-refractivity contribution in [2.45, 2.75) is 5.60 Å². The highest BCUT2D eigenvalue weighted by Gasteiger charge is 2.39. The number of ether oxygens (including phenoxy) is 1. The molecule has 1 unspecified atom stereocenters. The van der Waals surface area contributed by atoms with Crippen LogP contribution in [0.1, 0.15) is 27.0 Å². The number of aryl methyl sites for hydroxylation is 1. The van der Waals surface area contributed by atoms with Crippen molar-refractivity contribution in [3.63, 3.8) is 0 Å². The van der Waals surface area contributed by atoms with Gasteiger partial charge < -0.3 is 14.4 Å². The van der Waals surface area contributed by atoms with Gasteiger partial charge in [-0.2, -0.15) is 0 Å². The largest absolute Gasteiger partial charge is 0.508 e. The minimum absolute atomic E-state index is 0.193. The molecule has 1 aromatic heterocycles. The van der Waals surface area contributed by atoms with Crippen LogP contribution in [-0.4, -0.2) is 16.0 Å². The molecule has 1 aliphatic rings. The highest BCUT2D eigenvalue weighted by molar-refractivity contribution is 6.24. The van der Waals surface area contributed by atoms with E-state index in [9.17, 15) is 9.90 Å². The Hall–Kier alpha value is -4.83. The van der Waals surface area contributed by atoms with Gasteiger partial charge in [-0.3, -0.25) is 4.79 Å². The van der Waals surface area contributed by atoms with Crippen molar-refractivity contribution in [2.75, 3.05) is 0 Å². The molecule has 0 saturated carbocycles. The van der Waals surface area contributed by atoms with Gasteiger partial charge in [0.05, 0.1) is 5.52 Å². The zero-order valence-corrected chi connectivity index (χ0v) is 20.2. The molecule has 7 rings (SSSR count). The molecule has 37 heavy (non-hydrogen) atoms. The molecule has 0 amide bonds. The first-order chi connectivity index (χ1) is 18.1. The van der Waals surface area contributed by atoms with Crippen molar-refractivity contribution in [1.82, 2.24) is 4.57 Å². The van der Waals surface area contributed by atoms with Crippen LogP contribution in [0.5, 0.6) is 11.5 Å². The number of phenols is 1. The Kier molecular flexibility index (Phi) is 4.54. The molecule has 4 heteroatoms. The number of benzene rings is 5. The van der Waals surface area contributed by atoms with Gasteiger partial charge in [0.25, 0.3) is 0 Å². The van der Waals surface area contributed by atoms with Crippen LogP contribution in [0.2, 0.25) is 0 Å². The van der Waals surface area contributed by atoms with Crippen molar-refractivity contribution >= 4 is 44.9 Å². The highest BCUT2D eigenvalue weighted by Crippen LogP contribution is 2.49. The van der Waals surface area contributed by atoms with Crippen LogP contribution in [0.25, 0.3) is 38.7 Å². The van der Waals surface area contributed by atoms with E-state index in [0.29, 0.717) is 5.56 Å². The molecule has 1 N–H and O–H groups in total. The number of hydrogen-bond acceptors (Lipinski definition) is 3. The monoisotopic (exact) mass is 481 g/mol. The number of hydrogen-bond donors (Lipinski definition) is 1. The fourth-order valence-corrected chi connectivity index (χ4v) is 5.79. The quantitative estimate of drug-likeness (QED) is 0.269. The maximum Gasteiger partial charge on any atom is 0.178 e. The van der Waals surface area contributed by atoms with E-state index in [1.807, 2.05) is 42.5 Å². The molecule has 2 heterocycles. The zero-order valence-electron chi connectivity index (χ0n) is 20.2. The molecule has 0 aliphatic carbocycles. The summed E-state index contributed by atoms with van der Waals surface area (Å²) in [5, 5.41) is 14.6. The van der Waals surface area contributed by atoms with Gasteiger partial charge in [-0.15, -0.1) is 0 Å². The van der Waals surface area contributed by atoms with E-state index in [-0.39, 0.29) is 5.75 Å². The molecule has 0 bridgehead atoms. The van der Waals surface area contributed by atoms with Crippen molar-refractivity contribution in [1.29, 1.82) is 0 Å². The highest BCUT2D eigenvalue weighted by atomic mass is 16.5. The molecule has 0 spiro atoms. The standard InChI is InChI=1S/C33H23NO3/c1-34-29-9-5-4-8-27(29)30-25-6-2-3-7-26(25)32-28(31(30)34)18-19-33(37-32,23-14-16-24(36)17-15-23)22-12-10-21(20-35)11-13-22/h2-20,36H,1H3. The van der Waals surface area contributed by atoms with E-state index in [4.69, 9.17) is 4.74 Å². The Balaban J connectivity index is 1.58. The first kappa shape index (κ1) is 21.5. The van der Waals surface area contributed by atoms with Crippen LogP contribution in [0, 0.1) is 0 Å². The Morgan fingerprint density at radius 2 is 1.41 bits per heavy atom. The van der Waals surface area contributed by atoms with E-state index >= 15 is 0 Å². The minimum atomic E-state index is -0.941. The third-order valence-corrected chi connectivity index (χ3v) is 7.57. The Morgan fingerprint density at radius 3 is 2.11 bits per heavy atom. The zero-order chi connectivity index (χ0) is 25.1. The number of rotatable bonds is 3. The smallest absolute Gasteiger partial charge is 0.178 e. The molecule has 0 fully saturated rings. The number of para-hydroxylation sites is 1. The van der Waals surface area contributed by atoms with E-state index in [1.54, 1.807) is 12.1 Å². The fraction of sp³-hybridized carbons (Fsp3) is 0.0606. The average molecular weight is 482 g/mol. The fourth-order valence-electron chi connectivity index (χ4n) is 5.79. The molecule has 1 aliphatic heterocycles. The molecule has 0 radical (unpaired) electrons. The summed E-state index contributed by atoms with van der Waals surface area (Å²) in [6.07, 6.45) is 5.09. The van der Waals surface area contributed by atoms with Crippen LogP contribution >= 0.6 is 0 Å². The summed E-state index contributed by atoms with van der Waals surface area (Å²) in [7, 11) is 2.10. The second-order valence-corrected chi connectivity index (χ2v) is 9.55. The van der Waals surface area contributed by atoms with Gasteiger partial charge in [-0.25, -0.2) is 0 Å². The SMILES string of the molecule is Cn1c2ccccc2c2c3ccccc3c3c(c21)C=CC(c1ccc(O)cc1)(c1ccc(C=O)cc1)O3. The number of carbonyl (C=O) groups excluding carboxylic acids is 1. The minimum Gasteiger partial charge on any atom is -0.508 e. The molecule has 1 atom stereocenters. The number of aromatic hydroxyl groups is 1. The number of aldehydes is 1. The van der Waals surface area contributed by atoms with E-state index in [1.165, 1.54) is 16.3 Å². The van der Waals surface area contributed by atoms with Crippen molar-refractivity contribution in [2.24, 2.45) is 7.05 Å². The summed E-state index contributed by atoms with van der Waals surface area (Å²) in [6.45, 7) is 0. The van der Waals surface area contributed by atoms with Gasteiger partial charge in [0.2, 0.25) is 0 Å². The van der Waals surface area contributed by atoms with E-state index in [0.717, 1.165) is 45.0 Å². The van der Waals surface area contributed by atoms with Gasteiger partial charge in [0, 0.05) is 51.0 Å². The van der Waals surface area contributed by atoms with Gasteiger partial charge in [0.15, 0.2) is 5.60 Å². The number of fused-ring (bicyclic) bond motifs is 8. The Bertz CT molecular complexity index is 1880. The summed E-state index contributed by atoms with van der Waals surface area (Å²) in [4.78, 5) is 11.3. The second-order valence-electron chi connectivity index (χ2n) is 9.55. The topological polar surface area (TPSA) is 51.5 Å². The summed E-state index contributed by atoms with van der Waals surface area (Å²) >= 11 is 0. The van der Waals surface area contributed by atoms with Crippen LogP contribution in [-0.2, 0) is 12.6 Å². The number of aromatic nitrogens is 1. The number of phenolic OH excluding ortho intramolecular Hbond substituents is 1. The molecule has 0 saturated heterocycles. The predicted molar refractivity (Wildman–Crippen MR) is 148 cm³/mol. The van der Waals surface area contributed by atoms with Crippen molar-refractivity contribution < 1.29 is 14.6 Å². The molecule has 178 valence electrons. The van der Waals surface area contributed by atoms with Gasteiger partial charge in [0.1, 0.15) is 17.8 Å². The lowest BCUT2D eigenvalue weighted by molar-refractivity contribution is 0.112. The third-order valence-electron chi connectivity index (χ3n) is 7.57. The average Bonchev–Trinajstić information content (AvgIpc) is 3.26. The molecule has 5 aromatic carbocycles. The molecule has 4 nitrogen and oxygen atoms in total. The lowest BCUT2D eigenvalue weighted by atomic mass is 9.82. The van der Waals surface area contributed by atoms with E-state index < -0.39 is 5.60 Å². The van der Waals surface area contributed by atoms with Crippen LogP contribution in [0.3, 0.4) is 0 Å². The molecule has 6 aromatic rings. The molecular formula is C33H23NO3. The number of nitrogens with zero attached hydrogens (tertiary/aromatic N) is 1. The lowest BCUT2D eigenvalue weighted by Crippen LogP contribution is -2.34. The number of carbonyl (C=O) groups is 1. The summed E-state index contributed by atoms with van der Waals surface area (Å²) in [5.41, 5.74) is 4.77. The normalized spacial score (nSPS) is 16.7. The summed E-state index contributed by atoms with van der Waals surface area (Å²) < 4.78 is 9.35. The van der Waals surface area contributed by atoms with Crippen LogP contribution in [0.15, 0.2) is 103 Å². The maximum atomic E-state index is 11.3. The second kappa shape index (κ2) is 7.84. The van der Waals surface area contributed by atoms with Gasteiger partial charge in [-0.1, -0.05) is 78.9 Å². The van der Waals surface area contributed by atoms with Gasteiger partial charge in [-0.05, 0) is 35.7 Å². The lowest BCUT2D eigenvalue weighted by Gasteiger charge is -2.37.